The molecular weight excluding hydrogens is 194 g/mol. The van der Waals surface area contributed by atoms with Crippen LogP contribution in [0, 0.1) is 0 Å². The van der Waals surface area contributed by atoms with Gasteiger partial charge in [-0.1, -0.05) is 0 Å². The molecule has 0 bridgehead atoms. The molecule has 2 saturated heterocycles. The van der Waals surface area contributed by atoms with Crippen LogP contribution in [0.1, 0.15) is 11.7 Å². The molecule has 2 fully saturated rings. The average Bonchev–Trinajstić information content (AvgIpc) is 2.62. The Morgan fingerprint density at radius 2 is 2.47 bits per heavy atom. The summed E-state index contributed by atoms with van der Waals surface area (Å²) < 4.78 is 12.9. The van der Waals surface area contributed by atoms with Gasteiger partial charge >= 0.3 is 0 Å². The predicted octanol–water partition coefficient (Wildman–Crippen LogP) is -0.150. The SMILES string of the molecule is Cn1ccc(C2NCCOC23COC3)n1. The highest BCUT2D eigenvalue weighted by Crippen LogP contribution is 2.36. The first kappa shape index (κ1) is 9.33. The maximum absolute atomic E-state index is 5.84. The van der Waals surface area contributed by atoms with Crippen LogP contribution in [0.15, 0.2) is 12.3 Å². The summed E-state index contributed by atoms with van der Waals surface area (Å²) >= 11 is 0. The number of morpholine rings is 1. The Balaban J connectivity index is 1.89. The van der Waals surface area contributed by atoms with Crippen molar-refractivity contribution in [3.05, 3.63) is 18.0 Å². The van der Waals surface area contributed by atoms with Gasteiger partial charge in [0.15, 0.2) is 0 Å². The fraction of sp³-hybridized carbons (Fsp3) is 0.700. The number of hydrogen-bond donors (Lipinski definition) is 1. The van der Waals surface area contributed by atoms with Gasteiger partial charge in [0.1, 0.15) is 5.60 Å². The van der Waals surface area contributed by atoms with E-state index in [2.05, 4.69) is 10.4 Å². The lowest BCUT2D eigenvalue weighted by molar-refractivity contribution is -0.239. The molecule has 5 heteroatoms. The van der Waals surface area contributed by atoms with Gasteiger partial charge in [0, 0.05) is 19.8 Å². The third kappa shape index (κ3) is 1.39. The molecule has 1 spiro atoms. The van der Waals surface area contributed by atoms with E-state index in [1.54, 1.807) is 0 Å². The molecular formula is C10H15N3O2. The molecule has 3 heterocycles. The Labute approximate surface area is 88.4 Å². The van der Waals surface area contributed by atoms with Gasteiger partial charge in [-0.3, -0.25) is 4.68 Å². The summed E-state index contributed by atoms with van der Waals surface area (Å²) in [6.45, 7) is 2.97. The van der Waals surface area contributed by atoms with E-state index in [-0.39, 0.29) is 11.6 Å². The van der Waals surface area contributed by atoms with Crippen molar-refractivity contribution in [3.63, 3.8) is 0 Å². The minimum atomic E-state index is -0.174. The van der Waals surface area contributed by atoms with E-state index in [1.165, 1.54) is 0 Å². The topological polar surface area (TPSA) is 48.3 Å². The second-order valence-corrected chi connectivity index (χ2v) is 4.21. The van der Waals surface area contributed by atoms with E-state index in [9.17, 15) is 0 Å². The second kappa shape index (κ2) is 3.30. The van der Waals surface area contributed by atoms with Crippen LogP contribution in [0.2, 0.25) is 0 Å². The van der Waals surface area contributed by atoms with E-state index < -0.39 is 0 Å². The largest absolute Gasteiger partial charge is 0.375 e. The van der Waals surface area contributed by atoms with Crippen molar-refractivity contribution < 1.29 is 9.47 Å². The van der Waals surface area contributed by atoms with Gasteiger partial charge in [-0.25, -0.2) is 0 Å². The highest BCUT2D eigenvalue weighted by Gasteiger charge is 2.50. The van der Waals surface area contributed by atoms with Gasteiger partial charge in [-0.2, -0.15) is 5.10 Å². The van der Waals surface area contributed by atoms with Crippen LogP contribution in [0.3, 0.4) is 0 Å². The van der Waals surface area contributed by atoms with Gasteiger partial charge in [-0.05, 0) is 6.07 Å². The summed E-state index contributed by atoms with van der Waals surface area (Å²) in [6.07, 6.45) is 1.96. The Morgan fingerprint density at radius 3 is 3.07 bits per heavy atom. The Kier molecular flexibility index (Phi) is 2.05. The molecule has 2 aliphatic rings. The number of ether oxygens (including phenoxy) is 2. The van der Waals surface area contributed by atoms with Gasteiger partial charge in [0.05, 0.1) is 31.6 Å². The number of rotatable bonds is 1. The van der Waals surface area contributed by atoms with Crippen LogP contribution in [0.5, 0.6) is 0 Å². The van der Waals surface area contributed by atoms with Gasteiger partial charge < -0.3 is 14.8 Å². The van der Waals surface area contributed by atoms with Crippen molar-refractivity contribution in [1.82, 2.24) is 15.1 Å². The monoisotopic (exact) mass is 209 g/mol. The summed E-state index contributed by atoms with van der Waals surface area (Å²) in [5, 5.41) is 7.89. The second-order valence-electron chi connectivity index (χ2n) is 4.21. The van der Waals surface area contributed by atoms with Crippen molar-refractivity contribution in [2.75, 3.05) is 26.4 Å². The van der Waals surface area contributed by atoms with E-state index >= 15 is 0 Å². The molecule has 1 N–H and O–H groups in total. The highest BCUT2D eigenvalue weighted by atomic mass is 16.6. The van der Waals surface area contributed by atoms with E-state index in [0.29, 0.717) is 13.2 Å². The number of hydrogen-bond acceptors (Lipinski definition) is 4. The molecule has 1 unspecified atom stereocenters. The molecule has 0 aliphatic carbocycles. The minimum Gasteiger partial charge on any atom is -0.375 e. The fourth-order valence-corrected chi connectivity index (χ4v) is 2.24. The van der Waals surface area contributed by atoms with Gasteiger partial charge in [0.2, 0.25) is 0 Å². The molecule has 2 aliphatic heterocycles. The summed E-state index contributed by atoms with van der Waals surface area (Å²) in [5.41, 5.74) is 0.868. The predicted molar refractivity (Wildman–Crippen MR) is 53.5 cm³/mol. The third-order valence-corrected chi connectivity index (χ3v) is 3.09. The molecule has 1 atom stereocenters. The number of aryl methyl sites for hydroxylation is 1. The van der Waals surface area contributed by atoms with Gasteiger partial charge in [-0.15, -0.1) is 0 Å². The first-order valence-electron chi connectivity index (χ1n) is 5.25. The Bertz CT molecular complexity index is 359. The number of nitrogens with zero attached hydrogens (tertiary/aromatic N) is 2. The molecule has 0 saturated carbocycles. The molecule has 15 heavy (non-hydrogen) atoms. The van der Waals surface area contributed by atoms with Crippen molar-refractivity contribution in [3.8, 4) is 0 Å². The lowest BCUT2D eigenvalue weighted by Gasteiger charge is -2.49. The van der Waals surface area contributed by atoms with E-state index in [1.807, 2.05) is 24.0 Å². The first-order valence-corrected chi connectivity index (χ1v) is 5.25. The van der Waals surface area contributed by atoms with Crippen molar-refractivity contribution in [2.24, 2.45) is 7.05 Å². The fourth-order valence-electron chi connectivity index (χ4n) is 2.24. The molecule has 82 valence electrons. The van der Waals surface area contributed by atoms with Crippen molar-refractivity contribution >= 4 is 0 Å². The lowest BCUT2D eigenvalue weighted by Crippen LogP contribution is -2.63. The first-order chi connectivity index (χ1) is 7.30. The Morgan fingerprint density at radius 1 is 1.60 bits per heavy atom. The van der Waals surface area contributed by atoms with Gasteiger partial charge in [0.25, 0.3) is 0 Å². The van der Waals surface area contributed by atoms with Crippen molar-refractivity contribution in [1.29, 1.82) is 0 Å². The number of nitrogens with one attached hydrogen (secondary N) is 1. The zero-order chi connectivity index (χ0) is 10.3. The maximum atomic E-state index is 5.84. The van der Waals surface area contributed by atoms with Crippen LogP contribution in [-0.2, 0) is 16.5 Å². The standard InChI is InChI=1S/C10H15N3O2/c1-13-4-2-8(12-13)9-10(6-14-7-10)15-5-3-11-9/h2,4,9,11H,3,5-7H2,1H3. The summed E-state index contributed by atoms with van der Waals surface area (Å²) in [5.74, 6) is 0. The quantitative estimate of drug-likeness (QED) is 0.699. The average molecular weight is 209 g/mol. The van der Waals surface area contributed by atoms with Crippen molar-refractivity contribution in [2.45, 2.75) is 11.6 Å². The van der Waals surface area contributed by atoms with Crippen LogP contribution in [0.25, 0.3) is 0 Å². The van der Waals surface area contributed by atoms with Crippen LogP contribution in [0.4, 0.5) is 0 Å². The molecule has 0 radical (unpaired) electrons. The molecule has 1 aromatic rings. The summed E-state index contributed by atoms with van der Waals surface area (Å²) in [7, 11) is 1.93. The lowest BCUT2D eigenvalue weighted by atomic mass is 9.88. The van der Waals surface area contributed by atoms with Crippen LogP contribution >= 0.6 is 0 Å². The summed E-state index contributed by atoms with van der Waals surface area (Å²) in [4.78, 5) is 0. The van der Waals surface area contributed by atoms with Crippen LogP contribution in [-0.4, -0.2) is 41.7 Å². The molecule has 0 amide bonds. The van der Waals surface area contributed by atoms with E-state index in [0.717, 1.165) is 18.8 Å². The highest BCUT2D eigenvalue weighted by molar-refractivity contribution is 5.15. The molecule has 0 aromatic carbocycles. The van der Waals surface area contributed by atoms with E-state index in [4.69, 9.17) is 9.47 Å². The zero-order valence-corrected chi connectivity index (χ0v) is 8.77. The molecule has 3 rings (SSSR count). The normalized spacial score (nSPS) is 29.0. The zero-order valence-electron chi connectivity index (χ0n) is 8.77. The number of aromatic nitrogens is 2. The maximum Gasteiger partial charge on any atom is 0.136 e. The smallest absolute Gasteiger partial charge is 0.136 e. The summed E-state index contributed by atoms with van der Waals surface area (Å²) in [6, 6.07) is 2.20. The molecule has 1 aromatic heterocycles. The Hall–Kier alpha value is -0.910. The van der Waals surface area contributed by atoms with Crippen LogP contribution < -0.4 is 5.32 Å². The minimum absolute atomic E-state index is 0.168. The third-order valence-electron chi connectivity index (χ3n) is 3.09. The molecule has 5 nitrogen and oxygen atoms in total.